The zero-order valence-electron chi connectivity index (χ0n) is 14.1. The number of rotatable bonds is 4. The number of nitrogens with one attached hydrogen (secondary N) is 1. The summed E-state index contributed by atoms with van der Waals surface area (Å²) in [6, 6.07) is 12.1. The Morgan fingerprint density at radius 2 is 1.96 bits per heavy atom. The molecule has 0 aliphatic carbocycles. The molecule has 1 saturated heterocycles. The first kappa shape index (κ1) is 19.6. The Hall–Kier alpha value is -3.15. The van der Waals surface area contributed by atoms with Crippen LogP contribution in [0.1, 0.15) is 11.1 Å². The number of thioether (sulfide) groups is 1. The molecule has 6 nitrogen and oxygen atoms in total. The van der Waals surface area contributed by atoms with Gasteiger partial charge in [0.2, 0.25) is 5.91 Å². The second kappa shape index (κ2) is 8.25. The van der Waals surface area contributed by atoms with Crippen LogP contribution in [0, 0.1) is 17.1 Å². The smallest absolute Gasteiger partial charge is 0.294 e. The van der Waals surface area contributed by atoms with Gasteiger partial charge in [-0.3, -0.25) is 19.3 Å². The van der Waals surface area contributed by atoms with Gasteiger partial charge in [-0.15, -0.1) is 0 Å². The Kier molecular flexibility index (Phi) is 5.78. The summed E-state index contributed by atoms with van der Waals surface area (Å²) in [5.41, 5.74) is 1.37. The van der Waals surface area contributed by atoms with Crippen molar-refractivity contribution >= 4 is 52.2 Å². The van der Waals surface area contributed by atoms with Gasteiger partial charge < -0.3 is 5.32 Å². The summed E-state index contributed by atoms with van der Waals surface area (Å²) in [5, 5.41) is 10.5. The van der Waals surface area contributed by atoms with E-state index in [2.05, 4.69) is 5.32 Å². The van der Waals surface area contributed by atoms with E-state index in [1.54, 1.807) is 24.3 Å². The number of imide groups is 1. The normalized spacial score (nSPS) is 15.0. The summed E-state index contributed by atoms with van der Waals surface area (Å²) in [6.45, 7) is -0.482. The number of hydrogen-bond acceptors (Lipinski definition) is 5. The van der Waals surface area contributed by atoms with Crippen LogP contribution >= 0.6 is 23.4 Å². The second-order valence-corrected chi connectivity index (χ2v) is 7.08. The van der Waals surface area contributed by atoms with E-state index in [1.165, 1.54) is 18.2 Å². The van der Waals surface area contributed by atoms with Gasteiger partial charge in [0.25, 0.3) is 11.1 Å². The van der Waals surface area contributed by atoms with Gasteiger partial charge in [0.05, 0.1) is 21.6 Å². The molecular formula is C19H11ClFN3O3S. The highest BCUT2D eigenvalue weighted by Gasteiger charge is 2.36. The number of nitriles is 1. The van der Waals surface area contributed by atoms with Gasteiger partial charge in [-0.05, 0) is 53.7 Å². The Morgan fingerprint density at radius 1 is 1.25 bits per heavy atom. The van der Waals surface area contributed by atoms with Crippen LogP contribution in [0.4, 0.5) is 14.9 Å². The van der Waals surface area contributed by atoms with E-state index >= 15 is 0 Å². The highest BCUT2D eigenvalue weighted by atomic mass is 35.5. The fourth-order valence-corrected chi connectivity index (χ4v) is 3.38. The van der Waals surface area contributed by atoms with Crippen molar-refractivity contribution in [2.75, 3.05) is 11.9 Å². The minimum Gasteiger partial charge on any atom is -0.324 e. The highest BCUT2D eigenvalue weighted by molar-refractivity contribution is 8.18. The maximum Gasteiger partial charge on any atom is 0.294 e. The van der Waals surface area contributed by atoms with E-state index in [4.69, 9.17) is 16.9 Å². The van der Waals surface area contributed by atoms with Gasteiger partial charge in [0.15, 0.2) is 0 Å². The van der Waals surface area contributed by atoms with Crippen molar-refractivity contribution in [1.29, 1.82) is 5.26 Å². The maximum atomic E-state index is 13.2. The van der Waals surface area contributed by atoms with Crippen molar-refractivity contribution in [1.82, 2.24) is 4.90 Å². The molecule has 0 unspecified atom stereocenters. The lowest BCUT2D eigenvalue weighted by Gasteiger charge is -2.12. The molecule has 3 rings (SSSR count). The maximum absolute atomic E-state index is 13.2. The molecule has 0 radical (unpaired) electrons. The first-order valence-corrected chi connectivity index (χ1v) is 9.07. The third-order valence-electron chi connectivity index (χ3n) is 3.72. The van der Waals surface area contributed by atoms with Crippen LogP contribution < -0.4 is 5.32 Å². The van der Waals surface area contributed by atoms with Crippen molar-refractivity contribution < 1.29 is 18.8 Å². The molecule has 2 aromatic rings. The minimum atomic E-state index is -0.626. The Morgan fingerprint density at radius 3 is 2.61 bits per heavy atom. The number of carbonyl (C=O) groups is 3. The monoisotopic (exact) mass is 415 g/mol. The zero-order valence-corrected chi connectivity index (χ0v) is 15.7. The molecule has 1 heterocycles. The summed E-state index contributed by atoms with van der Waals surface area (Å²) >= 11 is 6.38. The Balaban J connectivity index is 1.69. The lowest BCUT2D eigenvalue weighted by molar-refractivity contribution is -0.127. The molecule has 0 atom stereocenters. The van der Waals surface area contributed by atoms with Crippen LogP contribution in [0.2, 0.25) is 5.02 Å². The summed E-state index contributed by atoms with van der Waals surface area (Å²) in [4.78, 5) is 37.7. The van der Waals surface area contributed by atoms with Crippen LogP contribution in [-0.4, -0.2) is 28.5 Å². The molecule has 0 saturated carbocycles. The minimum absolute atomic E-state index is 0.158. The van der Waals surface area contributed by atoms with Gasteiger partial charge in [0, 0.05) is 5.69 Å². The van der Waals surface area contributed by atoms with Crippen molar-refractivity contribution in [2.45, 2.75) is 0 Å². The van der Waals surface area contributed by atoms with Gasteiger partial charge in [-0.1, -0.05) is 23.7 Å². The third-order valence-corrected chi connectivity index (χ3v) is 4.91. The lowest BCUT2D eigenvalue weighted by Crippen LogP contribution is -2.36. The Bertz CT molecular complexity index is 1050. The summed E-state index contributed by atoms with van der Waals surface area (Å²) in [5.74, 6) is -1.84. The molecule has 1 fully saturated rings. The van der Waals surface area contributed by atoms with E-state index in [9.17, 15) is 18.8 Å². The highest BCUT2D eigenvalue weighted by Crippen LogP contribution is 2.32. The standard InChI is InChI=1S/C19H11ClFN3O3S/c20-14-8-13(5-6-15(14)21)23-17(25)10-24-18(26)16(28-19(24)27)7-11-1-3-12(9-22)4-2-11/h1-8H,10H2,(H,23,25)/b16-7+. The Labute approximate surface area is 168 Å². The summed E-state index contributed by atoms with van der Waals surface area (Å²) < 4.78 is 13.2. The van der Waals surface area contributed by atoms with Gasteiger partial charge in [-0.25, -0.2) is 4.39 Å². The molecule has 1 aliphatic heterocycles. The first-order chi connectivity index (χ1) is 13.4. The molecule has 140 valence electrons. The van der Waals surface area contributed by atoms with E-state index in [1.807, 2.05) is 6.07 Å². The first-order valence-electron chi connectivity index (χ1n) is 7.88. The largest absolute Gasteiger partial charge is 0.324 e. The van der Waals surface area contributed by atoms with Crippen LogP contribution in [-0.2, 0) is 9.59 Å². The molecule has 0 bridgehead atoms. The van der Waals surface area contributed by atoms with Gasteiger partial charge >= 0.3 is 0 Å². The predicted octanol–water partition coefficient (Wildman–Crippen LogP) is 4.03. The van der Waals surface area contributed by atoms with Gasteiger partial charge in [0.1, 0.15) is 12.4 Å². The lowest BCUT2D eigenvalue weighted by atomic mass is 10.1. The van der Waals surface area contributed by atoms with Crippen LogP contribution in [0.15, 0.2) is 47.4 Å². The van der Waals surface area contributed by atoms with E-state index in [-0.39, 0.29) is 15.6 Å². The van der Waals surface area contributed by atoms with E-state index in [0.717, 1.165) is 22.7 Å². The molecule has 9 heteroatoms. The van der Waals surface area contributed by atoms with Crippen molar-refractivity contribution in [3.8, 4) is 6.07 Å². The summed E-state index contributed by atoms with van der Waals surface area (Å²) in [6.07, 6.45) is 1.52. The van der Waals surface area contributed by atoms with Crippen LogP contribution in [0.3, 0.4) is 0 Å². The van der Waals surface area contributed by atoms with Crippen LogP contribution in [0.5, 0.6) is 0 Å². The van der Waals surface area contributed by atoms with E-state index < -0.39 is 29.4 Å². The van der Waals surface area contributed by atoms with E-state index in [0.29, 0.717) is 11.1 Å². The average Bonchev–Trinajstić information content (AvgIpc) is 2.93. The van der Waals surface area contributed by atoms with Crippen molar-refractivity contribution in [3.05, 3.63) is 69.3 Å². The molecule has 1 aliphatic rings. The number of hydrogen-bond donors (Lipinski definition) is 1. The number of carbonyl (C=O) groups excluding carboxylic acids is 3. The van der Waals surface area contributed by atoms with Gasteiger partial charge in [-0.2, -0.15) is 5.26 Å². The molecule has 3 amide bonds. The molecular weight excluding hydrogens is 405 g/mol. The number of benzene rings is 2. The summed E-state index contributed by atoms with van der Waals surface area (Å²) in [7, 11) is 0. The van der Waals surface area contributed by atoms with Crippen LogP contribution in [0.25, 0.3) is 6.08 Å². The molecule has 1 N–H and O–H groups in total. The quantitative estimate of drug-likeness (QED) is 0.761. The molecule has 0 aromatic heterocycles. The zero-order chi connectivity index (χ0) is 20.3. The topological polar surface area (TPSA) is 90.3 Å². The third kappa shape index (κ3) is 4.39. The van der Waals surface area contributed by atoms with Crippen molar-refractivity contribution in [3.63, 3.8) is 0 Å². The number of amides is 3. The predicted molar refractivity (Wildman–Crippen MR) is 104 cm³/mol. The SMILES string of the molecule is N#Cc1ccc(/C=C2/SC(=O)N(CC(=O)Nc3ccc(F)c(Cl)c3)C2=O)cc1. The number of anilines is 1. The number of nitrogens with zero attached hydrogens (tertiary/aromatic N) is 2. The fraction of sp³-hybridized carbons (Fsp3) is 0.0526. The fourth-order valence-electron chi connectivity index (χ4n) is 2.36. The van der Waals surface area contributed by atoms with Crippen molar-refractivity contribution in [2.24, 2.45) is 0 Å². The molecule has 0 spiro atoms. The second-order valence-electron chi connectivity index (χ2n) is 5.68. The molecule has 2 aromatic carbocycles. The molecule has 28 heavy (non-hydrogen) atoms. The average molecular weight is 416 g/mol. The number of halogens is 2.